The van der Waals surface area contributed by atoms with E-state index in [4.69, 9.17) is 28.6 Å². The Balaban J connectivity index is 1.67. The van der Waals surface area contributed by atoms with Gasteiger partial charge in [-0.1, -0.05) is 66.8 Å². The van der Waals surface area contributed by atoms with E-state index in [1.165, 1.54) is 4.90 Å². The molecule has 3 rings (SSSR count). The van der Waals surface area contributed by atoms with Gasteiger partial charge in [-0.05, 0) is 47.9 Å². The van der Waals surface area contributed by atoms with Crippen LogP contribution in [0.25, 0.3) is 6.08 Å². The minimum atomic E-state index is -1.06. The lowest BCUT2D eigenvalue weighted by Crippen LogP contribution is -2.43. The normalized spacial score (nSPS) is 16.3. The van der Waals surface area contributed by atoms with E-state index >= 15 is 0 Å². The van der Waals surface area contributed by atoms with Crippen LogP contribution in [0.2, 0.25) is 5.02 Å². The molecule has 2 aromatic carbocycles. The first-order valence-electron chi connectivity index (χ1n) is 8.86. The lowest BCUT2D eigenvalue weighted by molar-refractivity contribution is -0.145. The Bertz CT molecular complexity index is 958. The first-order valence-corrected chi connectivity index (χ1v) is 10.5. The summed E-state index contributed by atoms with van der Waals surface area (Å²) in [6.07, 6.45) is 1.99. The Morgan fingerprint density at radius 1 is 1.24 bits per heavy atom. The van der Waals surface area contributed by atoms with E-state index in [1.54, 1.807) is 13.0 Å². The Kier molecular flexibility index (Phi) is 6.95. The summed E-state index contributed by atoms with van der Waals surface area (Å²) in [6, 6.07) is 13.8. The number of aliphatic carboxylic acids is 1. The molecule has 1 amide bonds. The van der Waals surface area contributed by atoms with Crippen molar-refractivity contribution in [2.45, 2.75) is 26.0 Å². The van der Waals surface area contributed by atoms with Gasteiger partial charge < -0.3 is 9.84 Å². The largest absolute Gasteiger partial charge is 0.489 e. The van der Waals surface area contributed by atoms with Crippen LogP contribution < -0.4 is 4.74 Å². The Morgan fingerprint density at radius 3 is 2.48 bits per heavy atom. The minimum Gasteiger partial charge on any atom is -0.489 e. The molecule has 0 saturated carbocycles. The molecule has 2 aromatic rings. The lowest BCUT2D eigenvalue weighted by atomic mass is 10.1. The lowest BCUT2D eigenvalue weighted by Gasteiger charge is -2.21. The van der Waals surface area contributed by atoms with E-state index in [0.717, 1.165) is 22.9 Å². The third-order valence-corrected chi connectivity index (χ3v) is 5.89. The van der Waals surface area contributed by atoms with Crippen LogP contribution >= 0.6 is 35.6 Å². The molecule has 1 saturated heterocycles. The van der Waals surface area contributed by atoms with Crippen LogP contribution in [0.4, 0.5) is 0 Å². The Hall–Kier alpha value is -2.35. The van der Waals surface area contributed by atoms with Gasteiger partial charge in [0.05, 0.1) is 4.91 Å². The predicted molar refractivity (Wildman–Crippen MR) is 119 cm³/mol. The SMILES string of the molecule is CC[C@@H](C(=O)O)N1C(=O)/C(=C\c2ccc(OCc3ccc(Cl)cc3)cc2)SC1=S. The van der Waals surface area contributed by atoms with Crippen LogP contribution in [0.3, 0.4) is 0 Å². The fourth-order valence-electron chi connectivity index (χ4n) is 2.78. The second-order valence-electron chi connectivity index (χ2n) is 6.30. The standard InChI is InChI=1S/C21H18ClNO4S2/c1-2-17(20(25)26)23-19(24)18(29-21(23)28)11-13-5-9-16(10-6-13)27-12-14-3-7-15(22)8-4-14/h3-11,17H,2,12H2,1H3,(H,25,26)/b18-11+/t17-/m0/s1. The Labute approximate surface area is 183 Å². The van der Waals surface area contributed by atoms with Crippen molar-refractivity contribution in [3.05, 3.63) is 69.6 Å². The summed E-state index contributed by atoms with van der Waals surface area (Å²) in [5.41, 5.74) is 1.80. The molecular formula is C21H18ClNO4S2. The highest BCUT2D eigenvalue weighted by Gasteiger charge is 2.39. The highest BCUT2D eigenvalue weighted by molar-refractivity contribution is 8.26. The number of rotatable bonds is 7. The van der Waals surface area contributed by atoms with Crippen LogP contribution in [0.15, 0.2) is 53.4 Å². The summed E-state index contributed by atoms with van der Waals surface area (Å²) in [5, 5.41) is 10.00. The molecule has 1 N–H and O–H groups in total. The Morgan fingerprint density at radius 2 is 1.90 bits per heavy atom. The zero-order valence-corrected chi connectivity index (χ0v) is 17.9. The molecule has 8 heteroatoms. The summed E-state index contributed by atoms with van der Waals surface area (Å²) in [6.45, 7) is 2.13. The number of ether oxygens (including phenoxy) is 1. The molecule has 150 valence electrons. The fraction of sp³-hybridized carbons (Fsp3) is 0.190. The molecule has 0 spiro atoms. The molecule has 1 atom stereocenters. The number of halogens is 1. The molecule has 0 aliphatic carbocycles. The maximum Gasteiger partial charge on any atom is 0.326 e. The molecule has 29 heavy (non-hydrogen) atoms. The highest BCUT2D eigenvalue weighted by atomic mass is 35.5. The van der Waals surface area contributed by atoms with Crippen LogP contribution in [-0.2, 0) is 16.2 Å². The van der Waals surface area contributed by atoms with Gasteiger partial charge in [0.15, 0.2) is 0 Å². The average Bonchev–Trinajstić information content (AvgIpc) is 2.97. The van der Waals surface area contributed by atoms with Crippen molar-refractivity contribution in [1.82, 2.24) is 4.90 Å². The van der Waals surface area contributed by atoms with Gasteiger partial charge in [-0.15, -0.1) is 0 Å². The van der Waals surface area contributed by atoms with Gasteiger partial charge in [0.1, 0.15) is 22.7 Å². The van der Waals surface area contributed by atoms with Crippen molar-refractivity contribution in [2.75, 3.05) is 0 Å². The summed E-state index contributed by atoms with van der Waals surface area (Å²) < 4.78 is 6.02. The summed E-state index contributed by atoms with van der Waals surface area (Å²) in [5.74, 6) is -0.744. The van der Waals surface area contributed by atoms with Crippen LogP contribution in [-0.4, -0.2) is 32.2 Å². The first kappa shape index (κ1) is 21.4. The molecule has 0 aromatic heterocycles. The zero-order chi connectivity index (χ0) is 21.0. The summed E-state index contributed by atoms with van der Waals surface area (Å²) in [4.78, 5) is 25.6. The number of thiocarbonyl (C=S) groups is 1. The van der Waals surface area contributed by atoms with Gasteiger partial charge in [-0.2, -0.15) is 0 Å². The quantitative estimate of drug-likeness (QED) is 0.476. The molecule has 0 radical (unpaired) electrons. The van der Waals surface area contributed by atoms with Crippen molar-refractivity contribution in [3.63, 3.8) is 0 Å². The van der Waals surface area contributed by atoms with Crippen molar-refractivity contribution in [1.29, 1.82) is 0 Å². The second-order valence-corrected chi connectivity index (χ2v) is 8.41. The van der Waals surface area contributed by atoms with E-state index in [1.807, 2.05) is 48.5 Å². The van der Waals surface area contributed by atoms with E-state index in [9.17, 15) is 14.7 Å². The van der Waals surface area contributed by atoms with Crippen molar-refractivity contribution < 1.29 is 19.4 Å². The van der Waals surface area contributed by atoms with E-state index in [-0.39, 0.29) is 16.6 Å². The van der Waals surface area contributed by atoms with Gasteiger partial charge in [0.25, 0.3) is 5.91 Å². The molecule has 0 unspecified atom stereocenters. The van der Waals surface area contributed by atoms with E-state index < -0.39 is 12.0 Å². The topological polar surface area (TPSA) is 66.8 Å². The van der Waals surface area contributed by atoms with Crippen LogP contribution in [0, 0.1) is 0 Å². The number of nitrogens with zero attached hydrogens (tertiary/aromatic N) is 1. The van der Waals surface area contributed by atoms with E-state index in [0.29, 0.717) is 22.3 Å². The molecule has 5 nitrogen and oxygen atoms in total. The fourth-order valence-corrected chi connectivity index (χ4v) is 4.26. The van der Waals surface area contributed by atoms with Crippen molar-refractivity contribution in [2.24, 2.45) is 0 Å². The number of hydrogen-bond donors (Lipinski definition) is 1. The third kappa shape index (κ3) is 5.18. The number of hydrogen-bond acceptors (Lipinski definition) is 5. The number of carboxylic acids is 1. The second kappa shape index (κ2) is 9.43. The molecule has 0 bridgehead atoms. The number of thioether (sulfide) groups is 1. The zero-order valence-electron chi connectivity index (χ0n) is 15.5. The molecule has 1 aliphatic heterocycles. The molecular weight excluding hydrogens is 430 g/mol. The van der Waals surface area contributed by atoms with Gasteiger partial charge >= 0.3 is 5.97 Å². The maximum absolute atomic E-state index is 12.6. The summed E-state index contributed by atoms with van der Waals surface area (Å²) in [7, 11) is 0. The average molecular weight is 448 g/mol. The minimum absolute atomic E-state index is 0.262. The van der Waals surface area contributed by atoms with Gasteiger partial charge in [0.2, 0.25) is 0 Å². The van der Waals surface area contributed by atoms with Gasteiger partial charge in [-0.3, -0.25) is 9.69 Å². The number of amides is 1. The number of carbonyl (C=O) groups is 2. The van der Waals surface area contributed by atoms with Crippen LogP contribution in [0.1, 0.15) is 24.5 Å². The maximum atomic E-state index is 12.6. The van der Waals surface area contributed by atoms with Crippen LogP contribution in [0.5, 0.6) is 5.75 Å². The molecule has 1 aliphatic rings. The van der Waals surface area contributed by atoms with Crippen molar-refractivity contribution >= 4 is 57.9 Å². The number of carbonyl (C=O) groups excluding carboxylic acids is 1. The summed E-state index contributed by atoms with van der Waals surface area (Å²) >= 11 is 12.2. The highest BCUT2D eigenvalue weighted by Crippen LogP contribution is 2.34. The number of carboxylic acid groups (broad SMARTS) is 1. The third-order valence-electron chi connectivity index (χ3n) is 4.30. The molecule has 1 heterocycles. The number of benzene rings is 2. The van der Waals surface area contributed by atoms with Gasteiger partial charge in [0, 0.05) is 5.02 Å². The monoisotopic (exact) mass is 447 g/mol. The van der Waals surface area contributed by atoms with E-state index in [2.05, 4.69) is 0 Å². The predicted octanol–water partition coefficient (Wildman–Crippen LogP) is 4.98. The first-order chi connectivity index (χ1) is 13.9. The smallest absolute Gasteiger partial charge is 0.326 e. The van der Waals surface area contributed by atoms with Gasteiger partial charge in [-0.25, -0.2) is 4.79 Å². The molecule has 1 fully saturated rings. The van der Waals surface area contributed by atoms with Crippen molar-refractivity contribution in [3.8, 4) is 5.75 Å².